The third-order valence-corrected chi connectivity index (χ3v) is 2.62. The smallest absolute Gasteiger partial charge is 0.257 e. The number of benzene rings is 1. The molecular formula is C13H19NO5. The number of phenols is 1. The van der Waals surface area contributed by atoms with Crippen molar-refractivity contribution in [1.29, 1.82) is 0 Å². The first-order chi connectivity index (χ1) is 8.99. The first-order valence-corrected chi connectivity index (χ1v) is 5.79. The number of aromatic hydroxyl groups is 1. The van der Waals surface area contributed by atoms with Crippen LogP contribution in [0.15, 0.2) is 18.2 Å². The van der Waals surface area contributed by atoms with Crippen LogP contribution in [0, 0.1) is 0 Å². The van der Waals surface area contributed by atoms with Crippen LogP contribution in [0.5, 0.6) is 11.5 Å². The summed E-state index contributed by atoms with van der Waals surface area (Å²) in [5.41, 5.74) is 0.131. The predicted molar refractivity (Wildman–Crippen MR) is 69.5 cm³/mol. The normalized spacial score (nSPS) is 12.0. The Hall–Kier alpha value is -1.79. The van der Waals surface area contributed by atoms with Crippen molar-refractivity contribution >= 4 is 5.91 Å². The Kier molecular flexibility index (Phi) is 5.59. The summed E-state index contributed by atoms with van der Waals surface area (Å²) in [7, 11) is 4.49. The summed E-state index contributed by atoms with van der Waals surface area (Å²) >= 11 is 0. The number of carbonyl (C=O) groups is 1. The molecule has 1 amide bonds. The molecule has 0 spiro atoms. The maximum Gasteiger partial charge on any atom is 0.257 e. The van der Waals surface area contributed by atoms with Crippen LogP contribution in [0.2, 0.25) is 0 Å². The third kappa shape index (κ3) is 4.11. The molecule has 0 saturated carbocycles. The second kappa shape index (κ2) is 6.96. The molecule has 0 heterocycles. The lowest BCUT2D eigenvalue weighted by Crippen LogP contribution is -2.36. The van der Waals surface area contributed by atoms with Gasteiger partial charge in [0.25, 0.3) is 5.91 Å². The van der Waals surface area contributed by atoms with Gasteiger partial charge in [-0.2, -0.15) is 0 Å². The molecule has 0 aromatic heterocycles. The number of hydrogen-bond acceptors (Lipinski definition) is 5. The SMILES string of the molecule is COCC(O)CN(C)C(=O)c1cc(OC)ccc1O. The highest BCUT2D eigenvalue weighted by atomic mass is 16.5. The molecule has 0 aliphatic carbocycles. The van der Waals surface area contributed by atoms with Crippen LogP contribution >= 0.6 is 0 Å². The van der Waals surface area contributed by atoms with Crippen molar-refractivity contribution in [2.24, 2.45) is 0 Å². The van der Waals surface area contributed by atoms with Gasteiger partial charge in [-0.25, -0.2) is 0 Å². The summed E-state index contributed by atoms with van der Waals surface area (Å²) < 4.78 is 9.80. The monoisotopic (exact) mass is 269 g/mol. The Morgan fingerprint density at radius 1 is 1.42 bits per heavy atom. The van der Waals surface area contributed by atoms with Crippen LogP contribution in [0.3, 0.4) is 0 Å². The standard InChI is InChI=1S/C13H19NO5/c1-14(7-9(15)8-18-2)13(17)11-6-10(19-3)4-5-12(11)16/h4-6,9,15-16H,7-8H2,1-3H3. The lowest BCUT2D eigenvalue weighted by atomic mass is 10.1. The minimum Gasteiger partial charge on any atom is -0.507 e. The lowest BCUT2D eigenvalue weighted by molar-refractivity contribution is 0.0379. The molecule has 0 aliphatic rings. The number of nitrogens with zero attached hydrogens (tertiary/aromatic N) is 1. The molecule has 6 nitrogen and oxygen atoms in total. The van der Waals surface area contributed by atoms with Gasteiger partial charge in [-0.05, 0) is 18.2 Å². The molecule has 0 fully saturated rings. The molecular weight excluding hydrogens is 250 g/mol. The van der Waals surface area contributed by atoms with E-state index in [-0.39, 0.29) is 24.5 Å². The first kappa shape index (κ1) is 15.3. The van der Waals surface area contributed by atoms with E-state index >= 15 is 0 Å². The summed E-state index contributed by atoms with van der Waals surface area (Å²) in [6, 6.07) is 4.41. The van der Waals surface area contributed by atoms with Gasteiger partial charge in [-0.1, -0.05) is 0 Å². The Morgan fingerprint density at radius 2 is 2.11 bits per heavy atom. The van der Waals surface area contributed by atoms with Crippen molar-refractivity contribution in [2.75, 3.05) is 34.4 Å². The number of ether oxygens (including phenoxy) is 2. The number of rotatable bonds is 6. The largest absolute Gasteiger partial charge is 0.507 e. The number of phenolic OH excluding ortho intramolecular Hbond substituents is 1. The Labute approximate surface area is 112 Å². The zero-order valence-corrected chi connectivity index (χ0v) is 11.3. The summed E-state index contributed by atoms with van der Waals surface area (Å²) in [5.74, 6) is -0.0441. The van der Waals surface area contributed by atoms with Gasteiger partial charge in [0.15, 0.2) is 0 Å². The number of methoxy groups -OCH3 is 2. The van der Waals surface area contributed by atoms with Gasteiger partial charge >= 0.3 is 0 Å². The van der Waals surface area contributed by atoms with E-state index in [2.05, 4.69) is 0 Å². The van der Waals surface area contributed by atoms with E-state index in [1.54, 1.807) is 13.1 Å². The van der Waals surface area contributed by atoms with Crippen molar-refractivity contribution in [3.8, 4) is 11.5 Å². The average molecular weight is 269 g/mol. The van der Waals surface area contributed by atoms with Crippen LogP contribution in [-0.4, -0.2) is 61.5 Å². The number of aliphatic hydroxyl groups is 1. The fourth-order valence-corrected chi connectivity index (χ4v) is 1.66. The molecule has 2 N–H and O–H groups in total. The first-order valence-electron chi connectivity index (χ1n) is 5.79. The van der Waals surface area contributed by atoms with Gasteiger partial charge in [0.2, 0.25) is 0 Å². The summed E-state index contributed by atoms with van der Waals surface area (Å²) in [6.45, 7) is 0.255. The Morgan fingerprint density at radius 3 is 2.68 bits per heavy atom. The quantitative estimate of drug-likeness (QED) is 0.785. The fourth-order valence-electron chi connectivity index (χ4n) is 1.66. The Balaban J connectivity index is 2.81. The van der Waals surface area contributed by atoms with E-state index in [1.165, 1.54) is 31.3 Å². The molecule has 0 bridgehead atoms. The number of likely N-dealkylation sites (N-methyl/N-ethyl adjacent to an activating group) is 1. The van der Waals surface area contributed by atoms with E-state index < -0.39 is 12.0 Å². The molecule has 19 heavy (non-hydrogen) atoms. The van der Waals surface area contributed by atoms with Crippen molar-refractivity contribution in [3.05, 3.63) is 23.8 Å². The highest BCUT2D eigenvalue weighted by Gasteiger charge is 2.19. The van der Waals surface area contributed by atoms with Crippen LogP contribution in [-0.2, 0) is 4.74 Å². The van der Waals surface area contributed by atoms with Crippen LogP contribution in [0.4, 0.5) is 0 Å². The molecule has 6 heteroatoms. The van der Waals surface area contributed by atoms with Crippen molar-refractivity contribution in [2.45, 2.75) is 6.10 Å². The van der Waals surface area contributed by atoms with E-state index in [4.69, 9.17) is 9.47 Å². The number of hydrogen-bond donors (Lipinski definition) is 2. The number of carbonyl (C=O) groups excluding carboxylic acids is 1. The van der Waals surface area contributed by atoms with Crippen LogP contribution in [0.25, 0.3) is 0 Å². The summed E-state index contributed by atoms with van der Waals surface area (Å²) in [5, 5.41) is 19.3. The van der Waals surface area contributed by atoms with Crippen LogP contribution in [0.1, 0.15) is 10.4 Å². The van der Waals surface area contributed by atoms with Gasteiger partial charge in [-0.15, -0.1) is 0 Å². The topological polar surface area (TPSA) is 79.2 Å². The van der Waals surface area contributed by atoms with E-state index in [1.807, 2.05) is 0 Å². The van der Waals surface area contributed by atoms with E-state index in [0.717, 1.165) is 0 Å². The van der Waals surface area contributed by atoms with Gasteiger partial charge in [0.1, 0.15) is 11.5 Å². The molecule has 106 valence electrons. The highest BCUT2D eigenvalue weighted by molar-refractivity contribution is 5.97. The summed E-state index contributed by atoms with van der Waals surface area (Å²) in [4.78, 5) is 13.4. The zero-order chi connectivity index (χ0) is 14.4. The van der Waals surface area contributed by atoms with E-state index in [9.17, 15) is 15.0 Å². The van der Waals surface area contributed by atoms with Gasteiger partial charge in [0, 0.05) is 20.7 Å². The maximum atomic E-state index is 12.1. The molecule has 0 aliphatic heterocycles. The van der Waals surface area contributed by atoms with Gasteiger partial charge < -0.3 is 24.6 Å². The fraction of sp³-hybridized carbons (Fsp3) is 0.462. The molecule has 0 saturated heterocycles. The Bertz CT molecular complexity index is 435. The number of amides is 1. The zero-order valence-electron chi connectivity index (χ0n) is 11.3. The van der Waals surface area contributed by atoms with Crippen LogP contribution < -0.4 is 4.74 Å². The van der Waals surface area contributed by atoms with Crippen molar-refractivity contribution in [3.63, 3.8) is 0 Å². The van der Waals surface area contributed by atoms with Crippen molar-refractivity contribution in [1.82, 2.24) is 4.90 Å². The number of aliphatic hydroxyl groups excluding tert-OH is 1. The van der Waals surface area contributed by atoms with Gasteiger partial charge in [-0.3, -0.25) is 4.79 Å². The molecule has 1 atom stereocenters. The van der Waals surface area contributed by atoms with E-state index in [0.29, 0.717) is 5.75 Å². The maximum absolute atomic E-state index is 12.1. The molecule has 1 aromatic carbocycles. The minimum atomic E-state index is -0.772. The van der Waals surface area contributed by atoms with Gasteiger partial charge in [0.05, 0.1) is 25.4 Å². The average Bonchev–Trinajstić information content (AvgIpc) is 2.38. The summed E-state index contributed by atoms with van der Waals surface area (Å²) in [6.07, 6.45) is -0.772. The molecule has 1 aromatic rings. The molecule has 1 rings (SSSR count). The molecule has 0 radical (unpaired) electrons. The predicted octanol–water partition coefficient (Wildman–Crippen LogP) is 0.480. The second-order valence-electron chi connectivity index (χ2n) is 4.18. The second-order valence-corrected chi connectivity index (χ2v) is 4.18. The molecule has 1 unspecified atom stereocenters. The lowest BCUT2D eigenvalue weighted by Gasteiger charge is -2.21. The highest BCUT2D eigenvalue weighted by Crippen LogP contribution is 2.23. The van der Waals surface area contributed by atoms with Crippen molar-refractivity contribution < 1.29 is 24.5 Å². The minimum absolute atomic E-state index is 0.114. The third-order valence-electron chi connectivity index (χ3n) is 2.62.